The normalized spacial score (nSPS) is 15.1. The van der Waals surface area contributed by atoms with Gasteiger partial charge in [0, 0.05) is 13.1 Å². The minimum absolute atomic E-state index is 0.349. The highest BCUT2D eigenvalue weighted by molar-refractivity contribution is 5.75. The summed E-state index contributed by atoms with van der Waals surface area (Å²) in [5, 5.41) is 3.08. The zero-order valence-electron chi connectivity index (χ0n) is 12.9. The molecule has 4 nitrogen and oxygen atoms in total. The molecule has 0 saturated carbocycles. The Morgan fingerprint density at radius 3 is 2.88 bits per heavy atom. The van der Waals surface area contributed by atoms with Gasteiger partial charge in [0.15, 0.2) is 11.1 Å². The first-order chi connectivity index (χ1) is 11.8. The van der Waals surface area contributed by atoms with Crippen molar-refractivity contribution in [1.82, 2.24) is 10.1 Å². The first-order valence-corrected chi connectivity index (χ1v) is 7.77. The van der Waals surface area contributed by atoms with Gasteiger partial charge in [0.25, 0.3) is 0 Å². The van der Waals surface area contributed by atoms with Crippen LogP contribution >= 0.6 is 0 Å². The van der Waals surface area contributed by atoms with E-state index in [4.69, 9.17) is 4.52 Å². The molecule has 0 bridgehead atoms. The van der Waals surface area contributed by atoms with Crippen LogP contribution in [-0.4, -0.2) is 16.6 Å². The SMILES string of the molecule is Fc1cccc2o[nH]c(=NC3=CC=CCN3Cc3ccccc3)c12. The van der Waals surface area contributed by atoms with Crippen molar-refractivity contribution in [3.8, 4) is 0 Å². The molecule has 3 aromatic rings. The first-order valence-electron chi connectivity index (χ1n) is 7.77. The summed E-state index contributed by atoms with van der Waals surface area (Å²) in [5.74, 6) is 0.418. The average Bonchev–Trinajstić information content (AvgIpc) is 3.02. The van der Waals surface area contributed by atoms with Crippen LogP contribution in [0.4, 0.5) is 4.39 Å². The molecule has 1 aliphatic rings. The molecule has 0 amide bonds. The maximum Gasteiger partial charge on any atom is 0.176 e. The molecule has 24 heavy (non-hydrogen) atoms. The molecule has 5 heteroatoms. The van der Waals surface area contributed by atoms with Crippen molar-refractivity contribution < 1.29 is 8.91 Å². The summed E-state index contributed by atoms with van der Waals surface area (Å²) in [5.41, 5.74) is 2.04. The monoisotopic (exact) mass is 321 g/mol. The lowest BCUT2D eigenvalue weighted by Crippen LogP contribution is -2.25. The summed E-state index contributed by atoms with van der Waals surface area (Å²) in [6.45, 7) is 1.49. The largest absolute Gasteiger partial charge is 0.380 e. The van der Waals surface area contributed by atoms with Gasteiger partial charge in [-0.2, -0.15) is 0 Å². The second-order valence-corrected chi connectivity index (χ2v) is 5.60. The lowest BCUT2D eigenvalue weighted by atomic mass is 10.2. The summed E-state index contributed by atoms with van der Waals surface area (Å²) in [4.78, 5) is 6.72. The Balaban J connectivity index is 1.73. The average molecular weight is 321 g/mol. The number of aromatic nitrogens is 1. The van der Waals surface area contributed by atoms with Gasteiger partial charge in [0.2, 0.25) is 0 Å². The molecule has 0 spiro atoms. The Hall–Kier alpha value is -3.08. The van der Waals surface area contributed by atoms with Crippen molar-refractivity contribution >= 4 is 11.0 Å². The van der Waals surface area contributed by atoms with Crippen LogP contribution < -0.4 is 5.49 Å². The van der Waals surface area contributed by atoms with Gasteiger partial charge in [-0.15, -0.1) is 0 Å². The fourth-order valence-electron chi connectivity index (χ4n) is 2.77. The molecular formula is C19H16FN3O. The highest BCUT2D eigenvalue weighted by Gasteiger charge is 2.13. The molecule has 1 aliphatic heterocycles. The van der Waals surface area contributed by atoms with E-state index in [1.807, 2.05) is 30.4 Å². The van der Waals surface area contributed by atoms with E-state index in [-0.39, 0.29) is 5.82 Å². The van der Waals surface area contributed by atoms with E-state index in [9.17, 15) is 4.39 Å². The predicted octanol–water partition coefficient (Wildman–Crippen LogP) is 3.71. The number of hydrogen-bond acceptors (Lipinski definition) is 3. The van der Waals surface area contributed by atoms with E-state index in [2.05, 4.69) is 33.3 Å². The Morgan fingerprint density at radius 2 is 2.00 bits per heavy atom. The summed E-state index contributed by atoms with van der Waals surface area (Å²) < 4.78 is 19.4. The van der Waals surface area contributed by atoms with Crippen molar-refractivity contribution in [2.45, 2.75) is 6.54 Å². The number of H-pyrrole nitrogens is 1. The molecule has 0 aliphatic carbocycles. The van der Waals surface area contributed by atoms with Crippen LogP contribution in [0, 0.1) is 5.82 Å². The van der Waals surface area contributed by atoms with E-state index in [1.165, 1.54) is 11.6 Å². The topological polar surface area (TPSA) is 44.5 Å². The smallest absolute Gasteiger partial charge is 0.176 e. The zero-order valence-corrected chi connectivity index (χ0v) is 12.9. The number of fused-ring (bicyclic) bond motifs is 1. The molecule has 0 saturated heterocycles. The first kappa shape index (κ1) is 14.5. The number of hydrogen-bond donors (Lipinski definition) is 1. The number of nitrogens with zero attached hydrogens (tertiary/aromatic N) is 2. The van der Waals surface area contributed by atoms with Gasteiger partial charge in [-0.3, -0.25) is 0 Å². The number of nitrogens with one attached hydrogen (secondary N) is 1. The third-order valence-electron chi connectivity index (χ3n) is 3.94. The van der Waals surface area contributed by atoms with Crippen molar-refractivity contribution in [1.29, 1.82) is 0 Å². The third-order valence-corrected chi connectivity index (χ3v) is 3.94. The molecule has 0 unspecified atom stereocenters. The summed E-state index contributed by atoms with van der Waals surface area (Å²) in [6.07, 6.45) is 5.94. The van der Waals surface area contributed by atoms with Crippen LogP contribution in [0.3, 0.4) is 0 Å². The molecule has 2 heterocycles. The number of aromatic amines is 1. The molecule has 2 aromatic carbocycles. The molecule has 1 N–H and O–H groups in total. The van der Waals surface area contributed by atoms with Gasteiger partial charge in [-0.05, 0) is 23.8 Å². The Kier molecular flexibility index (Phi) is 3.75. The van der Waals surface area contributed by atoms with Gasteiger partial charge < -0.3 is 9.42 Å². The number of rotatable bonds is 3. The fraction of sp³-hybridized carbons (Fsp3) is 0.105. The van der Waals surface area contributed by atoms with Crippen molar-refractivity contribution in [3.63, 3.8) is 0 Å². The Labute approximate surface area is 138 Å². The van der Waals surface area contributed by atoms with Crippen LogP contribution in [0.15, 0.2) is 82.1 Å². The van der Waals surface area contributed by atoms with Gasteiger partial charge in [-0.1, -0.05) is 48.6 Å². The number of benzene rings is 2. The molecule has 120 valence electrons. The second kappa shape index (κ2) is 6.20. The van der Waals surface area contributed by atoms with Crippen LogP contribution in [0.25, 0.3) is 11.0 Å². The molecule has 4 rings (SSSR count). The highest BCUT2D eigenvalue weighted by Crippen LogP contribution is 2.17. The maximum absolute atomic E-state index is 14.1. The van der Waals surface area contributed by atoms with Gasteiger partial charge >= 0.3 is 0 Å². The second-order valence-electron chi connectivity index (χ2n) is 5.60. The van der Waals surface area contributed by atoms with Crippen LogP contribution in [-0.2, 0) is 6.54 Å². The van der Waals surface area contributed by atoms with E-state index >= 15 is 0 Å². The van der Waals surface area contributed by atoms with Crippen LogP contribution in [0.1, 0.15) is 5.56 Å². The van der Waals surface area contributed by atoms with Crippen LogP contribution in [0.5, 0.6) is 0 Å². The number of allylic oxidation sites excluding steroid dienone is 2. The zero-order chi connectivity index (χ0) is 16.4. The maximum atomic E-state index is 14.1. The Bertz CT molecular complexity index is 983. The minimum Gasteiger partial charge on any atom is -0.380 e. The predicted molar refractivity (Wildman–Crippen MR) is 90.2 cm³/mol. The van der Waals surface area contributed by atoms with E-state index in [0.29, 0.717) is 16.5 Å². The molecule has 0 radical (unpaired) electrons. The van der Waals surface area contributed by atoms with Gasteiger partial charge in [0.05, 0.1) is 0 Å². The highest BCUT2D eigenvalue weighted by atomic mass is 19.1. The van der Waals surface area contributed by atoms with Crippen molar-refractivity contribution in [3.05, 3.63) is 89.4 Å². The minimum atomic E-state index is -0.349. The molecule has 1 aromatic heterocycles. The van der Waals surface area contributed by atoms with E-state index < -0.39 is 0 Å². The molecular weight excluding hydrogens is 305 g/mol. The molecule has 0 atom stereocenters. The van der Waals surface area contributed by atoms with Gasteiger partial charge in [0.1, 0.15) is 17.0 Å². The quantitative estimate of drug-likeness (QED) is 0.799. The fourth-order valence-corrected chi connectivity index (χ4v) is 2.77. The van der Waals surface area contributed by atoms with E-state index in [1.54, 1.807) is 12.1 Å². The third kappa shape index (κ3) is 2.76. The van der Waals surface area contributed by atoms with Crippen molar-refractivity contribution in [2.24, 2.45) is 4.99 Å². The number of halogens is 1. The summed E-state index contributed by atoms with van der Waals surface area (Å²) in [6, 6.07) is 14.9. The standard InChI is InChI=1S/C19H16FN3O/c20-15-9-6-10-16-18(15)19(22-24-16)21-17-11-4-5-12-23(17)13-14-7-2-1-3-8-14/h1-11H,12-13H2,(H,21,22). The molecule has 0 fully saturated rings. The lowest BCUT2D eigenvalue weighted by molar-refractivity contribution is 0.361. The van der Waals surface area contributed by atoms with Crippen molar-refractivity contribution in [2.75, 3.05) is 6.54 Å². The lowest BCUT2D eigenvalue weighted by Gasteiger charge is -2.25. The summed E-state index contributed by atoms with van der Waals surface area (Å²) >= 11 is 0. The van der Waals surface area contributed by atoms with Crippen LogP contribution in [0.2, 0.25) is 0 Å². The van der Waals surface area contributed by atoms with E-state index in [0.717, 1.165) is 18.9 Å². The Morgan fingerprint density at radius 1 is 1.12 bits per heavy atom. The summed E-state index contributed by atoms with van der Waals surface area (Å²) in [7, 11) is 0. The van der Waals surface area contributed by atoms with Gasteiger partial charge in [-0.25, -0.2) is 14.5 Å².